The van der Waals surface area contributed by atoms with Gasteiger partial charge in [-0.3, -0.25) is 0 Å². The van der Waals surface area contributed by atoms with Crippen LogP contribution in [0.25, 0.3) is 0 Å². The molecule has 0 spiro atoms. The van der Waals surface area contributed by atoms with E-state index in [0.717, 1.165) is 43.4 Å². The second-order valence-electron chi connectivity index (χ2n) is 6.21. The first kappa shape index (κ1) is 14.0. The number of phenols is 2. The van der Waals surface area contributed by atoms with E-state index >= 15 is 0 Å². The Morgan fingerprint density at radius 1 is 1.32 bits per heavy atom. The Bertz CT molecular complexity index is 726. The van der Waals surface area contributed by atoms with Crippen molar-refractivity contribution in [2.45, 2.75) is 51.1 Å². The Hall–Kier alpha value is -1.59. The number of rotatable bonds is 2. The van der Waals surface area contributed by atoms with Crippen LogP contribution < -0.4 is 5.32 Å². The maximum Gasteiger partial charge on any atom is 0.157 e. The predicted molar refractivity (Wildman–Crippen MR) is 86.7 cm³/mol. The standard InChI is InChI=1S/C17H20N2O2S/c1-2-3-15-19-17-14(22-15)8-18-11-5-4-9-6-12(20)13(21)7-10(9)16(11)17/h6-7,11,16,18,20-21H,2-5,8H2,1H3/t11-,16-/m1/s1. The van der Waals surface area contributed by atoms with E-state index in [9.17, 15) is 10.2 Å². The zero-order valence-electron chi connectivity index (χ0n) is 12.6. The monoisotopic (exact) mass is 316 g/mol. The van der Waals surface area contributed by atoms with Crippen molar-refractivity contribution in [1.29, 1.82) is 0 Å². The van der Waals surface area contributed by atoms with Crippen molar-refractivity contribution in [3.8, 4) is 11.5 Å². The molecule has 2 aromatic rings. The van der Waals surface area contributed by atoms with Gasteiger partial charge in [-0.2, -0.15) is 0 Å². The van der Waals surface area contributed by atoms with Crippen LogP contribution in [0.3, 0.4) is 0 Å². The number of aromatic nitrogens is 1. The molecule has 0 fully saturated rings. The molecule has 0 saturated heterocycles. The van der Waals surface area contributed by atoms with E-state index in [2.05, 4.69) is 12.2 Å². The van der Waals surface area contributed by atoms with Crippen molar-refractivity contribution in [3.63, 3.8) is 0 Å². The van der Waals surface area contributed by atoms with Crippen LogP contribution in [0.5, 0.6) is 11.5 Å². The molecule has 3 N–H and O–H groups in total. The lowest BCUT2D eigenvalue weighted by atomic mass is 9.75. The second-order valence-corrected chi connectivity index (χ2v) is 7.38. The number of hydrogen-bond acceptors (Lipinski definition) is 5. The minimum absolute atomic E-state index is 0.0221. The van der Waals surface area contributed by atoms with Gasteiger partial charge in [-0.25, -0.2) is 4.98 Å². The molecular weight excluding hydrogens is 296 g/mol. The summed E-state index contributed by atoms with van der Waals surface area (Å²) in [7, 11) is 0. The van der Waals surface area contributed by atoms with Crippen LogP contribution in [-0.2, 0) is 19.4 Å². The molecule has 5 heteroatoms. The van der Waals surface area contributed by atoms with E-state index in [1.165, 1.54) is 15.6 Å². The Labute approximate surface area is 133 Å². The Balaban J connectivity index is 1.83. The van der Waals surface area contributed by atoms with Gasteiger partial charge in [-0.05, 0) is 48.9 Å². The number of fused-ring (bicyclic) bond motifs is 5. The second kappa shape index (κ2) is 5.25. The van der Waals surface area contributed by atoms with Gasteiger partial charge in [-0.1, -0.05) is 6.92 Å². The normalized spacial score (nSPS) is 22.8. The molecule has 0 unspecified atom stereocenters. The third kappa shape index (κ3) is 2.11. The highest BCUT2D eigenvalue weighted by Gasteiger charge is 2.37. The molecule has 2 atom stereocenters. The average Bonchev–Trinajstić information content (AvgIpc) is 2.91. The van der Waals surface area contributed by atoms with E-state index in [-0.39, 0.29) is 17.4 Å². The number of aromatic hydroxyl groups is 2. The van der Waals surface area contributed by atoms with Crippen molar-refractivity contribution in [2.24, 2.45) is 0 Å². The van der Waals surface area contributed by atoms with Crippen molar-refractivity contribution in [2.75, 3.05) is 0 Å². The highest BCUT2D eigenvalue weighted by atomic mass is 32.1. The van der Waals surface area contributed by atoms with Gasteiger partial charge in [-0.15, -0.1) is 11.3 Å². The first-order chi connectivity index (χ1) is 10.7. The summed E-state index contributed by atoms with van der Waals surface area (Å²) >= 11 is 1.81. The molecule has 0 amide bonds. The van der Waals surface area contributed by atoms with E-state index < -0.39 is 0 Å². The van der Waals surface area contributed by atoms with Crippen LogP contribution in [-0.4, -0.2) is 21.2 Å². The molecule has 1 aliphatic heterocycles. The molecule has 0 saturated carbocycles. The lowest BCUT2D eigenvalue weighted by molar-refractivity contribution is 0.378. The largest absolute Gasteiger partial charge is 0.504 e. The molecule has 1 aliphatic carbocycles. The number of thiazole rings is 1. The third-order valence-corrected chi connectivity index (χ3v) is 5.88. The number of nitrogens with one attached hydrogen (secondary N) is 1. The van der Waals surface area contributed by atoms with Gasteiger partial charge in [0, 0.05) is 23.4 Å². The maximum absolute atomic E-state index is 9.91. The van der Waals surface area contributed by atoms with Gasteiger partial charge in [0.15, 0.2) is 11.5 Å². The summed E-state index contributed by atoms with van der Waals surface area (Å²) in [5.41, 5.74) is 3.44. The molecule has 116 valence electrons. The van der Waals surface area contributed by atoms with Crippen molar-refractivity contribution in [1.82, 2.24) is 10.3 Å². The summed E-state index contributed by atoms with van der Waals surface area (Å²) in [4.78, 5) is 6.23. The number of aryl methyl sites for hydroxylation is 2. The van der Waals surface area contributed by atoms with E-state index in [0.29, 0.717) is 6.04 Å². The summed E-state index contributed by atoms with van der Waals surface area (Å²) < 4.78 is 0. The number of nitrogens with zero attached hydrogens (tertiary/aromatic N) is 1. The summed E-state index contributed by atoms with van der Waals surface area (Å²) in [5.74, 6) is 0.141. The van der Waals surface area contributed by atoms with Gasteiger partial charge in [0.25, 0.3) is 0 Å². The van der Waals surface area contributed by atoms with Gasteiger partial charge < -0.3 is 15.5 Å². The number of benzene rings is 1. The Morgan fingerprint density at radius 2 is 2.14 bits per heavy atom. The zero-order chi connectivity index (χ0) is 15.3. The molecular formula is C17H20N2O2S. The minimum atomic E-state index is -0.0319. The maximum atomic E-state index is 9.91. The van der Waals surface area contributed by atoms with Crippen LogP contribution in [0.1, 0.15) is 52.4 Å². The van der Waals surface area contributed by atoms with Gasteiger partial charge >= 0.3 is 0 Å². The van der Waals surface area contributed by atoms with Crippen LogP contribution >= 0.6 is 11.3 Å². The molecule has 4 nitrogen and oxygen atoms in total. The van der Waals surface area contributed by atoms with Gasteiger partial charge in [0.1, 0.15) is 0 Å². The lowest BCUT2D eigenvalue weighted by Gasteiger charge is -2.37. The molecule has 2 aliphatic rings. The Morgan fingerprint density at radius 3 is 2.95 bits per heavy atom. The first-order valence-electron chi connectivity index (χ1n) is 7.94. The fourth-order valence-corrected chi connectivity index (χ4v) is 4.89. The molecule has 0 radical (unpaired) electrons. The van der Waals surface area contributed by atoms with Gasteiger partial charge in [0.05, 0.1) is 10.7 Å². The summed E-state index contributed by atoms with van der Waals surface area (Å²) in [6.45, 7) is 3.08. The zero-order valence-corrected chi connectivity index (χ0v) is 13.4. The third-order valence-electron chi connectivity index (χ3n) is 4.75. The van der Waals surface area contributed by atoms with Crippen LogP contribution in [0.15, 0.2) is 12.1 Å². The molecule has 22 heavy (non-hydrogen) atoms. The van der Waals surface area contributed by atoms with Crippen LogP contribution in [0.4, 0.5) is 0 Å². The van der Waals surface area contributed by atoms with Crippen molar-refractivity contribution in [3.05, 3.63) is 38.8 Å². The molecule has 4 rings (SSSR count). The first-order valence-corrected chi connectivity index (χ1v) is 8.75. The van der Waals surface area contributed by atoms with Crippen molar-refractivity contribution >= 4 is 11.3 Å². The summed E-state index contributed by atoms with van der Waals surface area (Å²) in [6, 6.07) is 3.83. The highest BCUT2D eigenvalue weighted by molar-refractivity contribution is 7.11. The van der Waals surface area contributed by atoms with Crippen LogP contribution in [0, 0.1) is 0 Å². The predicted octanol–water partition coefficient (Wildman–Crippen LogP) is 3.06. The van der Waals surface area contributed by atoms with E-state index in [4.69, 9.17) is 4.98 Å². The van der Waals surface area contributed by atoms with Crippen LogP contribution in [0.2, 0.25) is 0 Å². The fourth-order valence-electron chi connectivity index (χ4n) is 3.72. The number of hydrogen-bond donors (Lipinski definition) is 3. The van der Waals surface area contributed by atoms with Gasteiger partial charge in [0.2, 0.25) is 0 Å². The van der Waals surface area contributed by atoms with Crippen molar-refractivity contribution < 1.29 is 10.2 Å². The Kier molecular flexibility index (Phi) is 3.35. The molecule has 0 bridgehead atoms. The minimum Gasteiger partial charge on any atom is -0.504 e. The highest BCUT2D eigenvalue weighted by Crippen LogP contribution is 2.44. The topological polar surface area (TPSA) is 65.4 Å². The summed E-state index contributed by atoms with van der Waals surface area (Å²) in [5, 5.41) is 24.5. The van der Waals surface area contributed by atoms with E-state index in [1.807, 2.05) is 11.3 Å². The summed E-state index contributed by atoms with van der Waals surface area (Å²) in [6.07, 6.45) is 4.11. The molecule has 2 heterocycles. The lowest BCUT2D eigenvalue weighted by Crippen LogP contribution is -2.42. The smallest absolute Gasteiger partial charge is 0.157 e. The van der Waals surface area contributed by atoms with E-state index in [1.54, 1.807) is 12.1 Å². The fraction of sp³-hybridized carbons (Fsp3) is 0.471. The quantitative estimate of drug-likeness (QED) is 0.745. The molecule has 1 aromatic carbocycles. The number of phenolic OH excluding ortho intramolecular Hbond substituents is 2. The molecule has 1 aromatic heterocycles. The average molecular weight is 316 g/mol. The SMILES string of the molecule is CCCc1nc2c(s1)CN[C@@H]1CCc3cc(O)c(O)cc3[C@@H]21.